The van der Waals surface area contributed by atoms with E-state index in [1.807, 2.05) is 12.1 Å². The van der Waals surface area contributed by atoms with Gasteiger partial charge in [-0.05, 0) is 23.6 Å². The Labute approximate surface area is 117 Å². The van der Waals surface area contributed by atoms with E-state index in [-0.39, 0.29) is 0 Å². The summed E-state index contributed by atoms with van der Waals surface area (Å²) >= 11 is 0. The maximum atomic E-state index is 11.6. The van der Waals surface area contributed by atoms with Crippen LogP contribution in [0.5, 0.6) is 17.2 Å². The van der Waals surface area contributed by atoms with Crippen LogP contribution < -0.4 is 14.2 Å². The molecular weight excluding hydrogens is 260 g/mol. The van der Waals surface area contributed by atoms with E-state index in [0.717, 1.165) is 10.8 Å². The number of esters is 1. The molecule has 0 saturated carbocycles. The van der Waals surface area contributed by atoms with E-state index in [2.05, 4.69) is 0 Å². The number of rotatable bonds is 4. The van der Waals surface area contributed by atoms with Gasteiger partial charge >= 0.3 is 5.97 Å². The summed E-state index contributed by atoms with van der Waals surface area (Å²) in [6.45, 7) is 0. The summed E-state index contributed by atoms with van der Waals surface area (Å²) in [4.78, 5) is 11.6. The fourth-order valence-corrected chi connectivity index (χ4v) is 2.11. The molecule has 0 unspecified atom stereocenters. The van der Waals surface area contributed by atoms with Crippen LogP contribution in [0.1, 0.15) is 10.4 Å². The topological polar surface area (TPSA) is 54.0 Å². The van der Waals surface area contributed by atoms with Gasteiger partial charge in [0.25, 0.3) is 0 Å². The van der Waals surface area contributed by atoms with E-state index in [0.29, 0.717) is 22.8 Å². The van der Waals surface area contributed by atoms with Gasteiger partial charge < -0.3 is 18.9 Å². The molecule has 0 N–H and O–H groups in total. The Morgan fingerprint density at radius 1 is 0.900 bits per heavy atom. The van der Waals surface area contributed by atoms with Gasteiger partial charge in [0.15, 0.2) is 11.5 Å². The molecule has 106 valence electrons. The zero-order valence-electron chi connectivity index (χ0n) is 11.9. The minimum atomic E-state index is -0.399. The molecule has 0 aliphatic rings. The third-order valence-electron chi connectivity index (χ3n) is 3.06. The summed E-state index contributed by atoms with van der Waals surface area (Å²) in [5, 5.41) is 1.64. The van der Waals surface area contributed by atoms with E-state index in [9.17, 15) is 4.79 Å². The predicted molar refractivity (Wildman–Crippen MR) is 74.9 cm³/mol. The fourth-order valence-electron chi connectivity index (χ4n) is 2.11. The molecule has 0 bridgehead atoms. The molecule has 2 aromatic rings. The van der Waals surface area contributed by atoms with Crippen LogP contribution in [0.15, 0.2) is 24.3 Å². The molecule has 0 aliphatic carbocycles. The van der Waals surface area contributed by atoms with Crippen molar-refractivity contribution in [1.82, 2.24) is 0 Å². The number of carbonyl (C=O) groups is 1. The number of fused-ring (bicyclic) bond motifs is 1. The smallest absolute Gasteiger partial charge is 0.337 e. The summed E-state index contributed by atoms with van der Waals surface area (Å²) in [6.07, 6.45) is 0. The Hall–Kier alpha value is -2.43. The SMILES string of the molecule is COC(=O)c1ccc2cc(OC)c(OC)c(OC)c2c1. The van der Waals surface area contributed by atoms with Crippen molar-refractivity contribution in [3.05, 3.63) is 29.8 Å². The maximum Gasteiger partial charge on any atom is 0.337 e. The van der Waals surface area contributed by atoms with E-state index in [4.69, 9.17) is 18.9 Å². The first-order chi connectivity index (χ1) is 9.65. The van der Waals surface area contributed by atoms with E-state index in [1.165, 1.54) is 14.2 Å². The van der Waals surface area contributed by atoms with Crippen molar-refractivity contribution in [2.75, 3.05) is 28.4 Å². The largest absolute Gasteiger partial charge is 0.493 e. The average Bonchev–Trinajstić information content (AvgIpc) is 2.51. The molecule has 0 fully saturated rings. The minimum Gasteiger partial charge on any atom is -0.493 e. The Balaban J connectivity index is 2.76. The molecule has 0 spiro atoms. The number of benzene rings is 2. The Morgan fingerprint density at radius 2 is 1.60 bits per heavy atom. The van der Waals surface area contributed by atoms with Crippen LogP contribution in [0.2, 0.25) is 0 Å². The highest BCUT2D eigenvalue weighted by molar-refractivity contribution is 5.99. The molecule has 0 radical (unpaired) electrons. The molecule has 2 aromatic carbocycles. The van der Waals surface area contributed by atoms with Gasteiger partial charge in [0.2, 0.25) is 5.75 Å². The van der Waals surface area contributed by atoms with Crippen LogP contribution in [-0.2, 0) is 4.74 Å². The van der Waals surface area contributed by atoms with Crippen molar-refractivity contribution >= 4 is 16.7 Å². The van der Waals surface area contributed by atoms with Gasteiger partial charge in [0, 0.05) is 5.39 Å². The molecule has 0 aliphatic heterocycles. The summed E-state index contributed by atoms with van der Waals surface area (Å²) in [7, 11) is 5.99. The highest BCUT2D eigenvalue weighted by Gasteiger charge is 2.17. The minimum absolute atomic E-state index is 0.399. The Bertz CT molecular complexity index is 648. The first-order valence-corrected chi connectivity index (χ1v) is 5.97. The summed E-state index contributed by atoms with van der Waals surface area (Å²) in [6, 6.07) is 7.05. The fraction of sp³-hybridized carbons (Fsp3) is 0.267. The quantitative estimate of drug-likeness (QED) is 0.803. The highest BCUT2D eigenvalue weighted by atomic mass is 16.5. The maximum absolute atomic E-state index is 11.6. The lowest BCUT2D eigenvalue weighted by molar-refractivity contribution is 0.0601. The lowest BCUT2D eigenvalue weighted by atomic mass is 10.0. The van der Waals surface area contributed by atoms with Crippen molar-refractivity contribution in [1.29, 1.82) is 0 Å². The number of hydrogen-bond donors (Lipinski definition) is 0. The van der Waals surface area contributed by atoms with Crippen LogP contribution in [0.4, 0.5) is 0 Å². The van der Waals surface area contributed by atoms with Gasteiger partial charge in [-0.25, -0.2) is 4.79 Å². The monoisotopic (exact) mass is 276 g/mol. The summed E-state index contributed by atoms with van der Waals surface area (Å²) < 4.78 is 20.7. The molecule has 2 rings (SSSR count). The third kappa shape index (κ3) is 2.22. The van der Waals surface area contributed by atoms with Crippen LogP contribution in [0.3, 0.4) is 0 Å². The van der Waals surface area contributed by atoms with Crippen molar-refractivity contribution in [2.24, 2.45) is 0 Å². The normalized spacial score (nSPS) is 10.2. The zero-order chi connectivity index (χ0) is 14.7. The molecule has 0 atom stereocenters. The van der Waals surface area contributed by atoms with Crippen molar-refractivity contribution < 1.29 is 23.7 Å². The second kappa shape index (κ2) is 5.69. The second-order valence-electron chi connectivity index (χ2n) is 4.07. The van der Waals surface area contributed by atoms with Gasteiger partial charge in [-0.2, -0.15) is 0 Å². The van der Waals surface area contributed by atoms with E-state index in [1.54, 1.807) is 26.4 Å². The van der Waals surface area contributed by atoms with Crippen LogP contribution in [-0.4, -0.2) is 34.4 Å². The van der Waals surface area contributed by atoms with Crippen molar-refractivity contribution in [3.8, 4) is 17.2 Å². The van der Waals surface area contributed by atoms with Crippen LogP contribution >= 0.6 is 0 Å². The number of carbonyl (C=O) groups excluding carboxylic acids is 1. The molecule has 0 aromatic heterocycles. The summed E-state index contributed by atoms with van der Waals surface area (Å²) in [5.74, 6) is 1.18. The van der Waals surface area contributed by atoms with Crippen molar-refractivity contribution in [2.45, 2.75) is 0 Å². The van der Waals surface area contributed by atoms with Gasteiger partial charge in [-0.1, -0.05) is 6.07 Å². The molecular formula is C15H16O5. The second-order valence-corrected chi connectivity index (χ2v) is 4.07. The highest BCUT2D eigenvalue weighted by Crippen LogP contribution is 2.43. The number of ether oxygens (including phenoxy) is 4. The molecule has 5 nitrogen and oxygen atoms in total. The van der Waals surface area contributed by atoms with Gasteiger partial charge in [0.1, 0.15) is 0 Å². The molecule has 0 saturated heterocycles. The first-order valence-electron chi connectivity index (χ1n) is 5.97. The summed E-state index contributed by atoms with van der Waals surface area (Å²) in [5.41, 5.74) is 0.450. The standard InChI is InChI=1S/C15H16O5/c1-17-12-8-9-5-6-10(15(16)20-4)7-11(9)13(18-2)14(12)19-3/h5-8H,1-4H3. The van der Waals surface area contributed by atoms with Gasteiger partial charge in [-0.15, -0.1) is 0 Å². The lowest BCUT2D eigenvalue weighted by Crippen LogP contribution is -2.01. The van der Waals surface area contributed by atoms with E-state index < -0.39 is 5.97 Å². The van der Waals surface area contributed by atoms with E-state index >= 15 is 0 Å². The third-order valence-corrected chi connectivity index (χ3v) is 3.06. The molecule has 20 heavy (non-hydrogen) atoms. The lowest BCUT2D eigenvalue weighted by Gasteiger charge is -2.15. The first kappa shape index (κ1) is 14.0. The van der Waals surface area contributed by atoms with Gasteiger partial charge in [-0.3, -0.25) is 0 Å². The number of methoxy groups -OCH3 is 4. The zero-order valence-corrected chi connectivity index (χ0v) is 11.9. The molecule has 0 amide bonds. The van der Waals surface area contributed by atoms with Gasteiger partial charge in [0.05, 0.1) is 34.0 Å². The Kier molecular flexibility index (Phi) is 3.98. The number of hydrogen-bond acceptors (Lipinski definition) is 5. The molecule has 5 heteroatoms. The van der Waals surface area contributed by atoms with Crippen LogP contribution in [0, 0.1) is 0 Å². The van der Waals surface area contributed by atoms with Crippen LogP contribution in [0.25, 0.3) is 10.8 Å². The average molecular weight is 276 g/mol. The predicted octanol–water partition coefficient (Wildman–Crippen LogP) is 2.65. The van der Waals surface area contributed by atoms with Crippen molar-refractivity contribution in [3.63, 3.8) is 0 Å². The Morgan fingerprint density at radius 3 is 2.15 bits per heavy atom. The molecule has 0 heterocycles.